The van der Waals surface area contributed by atoms with E-state index in [0.717, 1.165) is 4.90 Å². The molecule has 0 spiro atoms. The van der Waals surface area contributed by atoms with Crippen molar-refractivity contribution in [2.75, 3.05) is 26.2 Å². The van der Waals surface area contributed by atoms with Gasteiger partial charge in [-0.3, -0.25) is 14.5 Å². The summed E-state index contributed by atoms with van der Waals surface area (Å²) in [6.07, 6.45) is -0.945. The molecule has 1 atom stereocenters. The lowest BCUT2D eigenvalue weighted by Crippen LogP contribution is -2.58. The van der Waals surface area contributed by atoms with E-state index in [-0.39, 0.29) is 13.1 Å². The quantitative estimate of drug-likeness (QED) is 0.777. The van der Waals surface area contributed by atoms with Gasteiger partial charge in [0.2, 0.25) is 0 Å². The second-order valence-electron chi connectivity index (χ2n) is 5.41. The molecule has 0 radical (unpaired) electrons. The van der Waals surface area contributed by atoms with Gasteiger partial charge in [-0.2, -0.15) is 0 Å². The van der Waals surface area contributed by atoms with Gasteiger partial charge in [-0.25, -0.2) is 4.79 Å². The van der Waals surface area contributed by atoms with Gasteiger partial charge in [0.15, 0.2) is 0 Å². The SMILES string of the molecule is CCN1CCN(C(=O)NCC(O)c2cc(C)oc2C)C(=O)C1=O. The standard InChI is InChI=1S/C15H21N3O5/c1-4-17-5-6-18(14(21)13(17)20)15(22)16-8-12(19)11-7-9(2)23-10(11)3/h7,12,19H,4-6,8H2,1-3H3,(H,16,22). The van der Waals surface area contributed by atoms with Gasteiger partial charge in [0.05, 0.1) is 6.10 Å². The van der Waals surface area contributed by atoms with E-state index < -0.39 is 23.9 Å². The summed E-state index contributed by atoms with van der Waals surface area (Å²) in [5, 5.41) is 12.6. The molecule has 8 heteroatoms. The van der Waals surface area contributed by atoms with E-state index in [4.69, 9.17) is 4.42 Å². The first-order valence-electron chi connectivity index (χ1n) is 7.48. The van der Waals surface area contributed by atoms with E-state index in [2.05, 4.69) is 5.32 Å². The smallest absolute Gasteiger partial charge is 0.324 e. The molecule has 1 aromatic rings. The van der Waals surface area contributed by atoms with Crippen LogP contribution < -0.4 is 5.32 Å². The van der Waals surface area contributed by atoms with Gasteiger partial charge in [-0.05, 0) is 26.8 Å². The van der Waals surface area contributed by atoms with Crippen LogP contribution >= 0.6 is 0 Å². The van der Waals surface area contributed by atoms with Gasteiger partial charge in [0, 0.05) is 31.7 Å². The Labute approximate surface area is 134 Å². The van der Waals surface area contributed by atoms with Crippen LogP contribution in [0.15, 0.2) is 10.5 Å². The lowest BCUT2D eigenvalue weighted by Gasteiger charge is -2.31. The summed E-state index contributed by atoms with van der Waals surface area (Å²) in [6, 6.07) is 1.01. The summed E-state index contributed by atoms with van der Waals surface area (Å²) < 4.78 is 5.33. The molecule has 2 heterocycles. The zero-order valence-electron chi connectivity index (χ0n) is 13.5. The van der Waals surface area contributed by atoms with Gasteiger partial charge >= 0.3 is 17.8 Å². The topological polar surface area (TPSA) is 103 Å². The van der Waals surface area contributed by atoms with E-state index in [1.165, 1.54) is 4.90 Å². The summed E-state index contributed by atoms with van der Waals surface area (Å²) in [4.78, 5) is 38.0. The normalized spacial score (nSPS) is 16.7. The van der Waals surface area contributed by atoms with Crippen molar-refractivity contribution in [1.82, 2.24) is 15.1 Å². The Kier molecular flexibility index (Phi) is 5.05. The number of furan rings is 1. The molecule has 0 saturated carbocycles. The first-order valence-corrected chi connectivity index (χ1v) is 7.48. The third-order valence-corrected chi connectivity index (χ3v) is 3.82. The van der Waals surface area contributed by atoms with Crippen molar-refractivity contribution in [3.63, 3.8) is 0 Å². The first kappa shape index (κ1) is 17.0. The average molecular weight is 323 g/mol. The highest BCUT2D eigenvalue weighted by molar-refractivity contribution is 6.38. The molecule has 1 aromatic heterocycles. The number of carbonyl (C=O) groups excluding carboxylic acids is 3. The number of nitrogens with one attached hydrogen (secondary N) is 1. The molecule has 0 aromatic carbocycles. The molecule has 4 amide bonds. The van der Waals surface area contributed by atoms with Crippen LogP contribution in [0.2, 0.25) is 0 Å². The molecule has 23 heavy (non-hydrogen) atoms. The van der Waals surface area contributed by atoms with Crippen molar-refractivity contribution in [3.8, 4) is 0 Å². The van der Waals surface area contributed by atoms with Crippen molar-refractivity contribution < 1.29 is 23.9 Å². The maximum absolute atomic E-state index is 12.1. The highest BCUT2D eigenvalue weighted by Crippen LogP contribution is 2.21. The largest absolute Gasteiger partial charge is 0.466 e. The monoisotopic (exact) mass is 323 g/mol. The number of aliphatic hydroxyl groups excluding tert-OH is 1. The summed E-state index contributed by atoms with van der Waals surface area (Å²) in [7, 11) is 0. The number of carbonyl (C=O) groups is 3. The Morgan fingerprint density at radius 1 is 1.35 bits per heavy atom. The minimum atomic E-state index is -0.945. The average Bonchev–Trinajstić information content (AvgIpc) is 2.86. The minimum absolute atomic E-state index is 0.0753. The summed E-state index contributed by atoms with van der Waals surface area (Å²) in [5.41, 5.74) is 0.584. The number of likely N-dealkylation sites (N-methyl/N-ethyl adjacent to an activating group) is 1. The van der Waals surface area contributed by atoms with Gasteiger partial charge in [-0.15, -0.1) is 0 Å². The predicted octanol–water partition coefficient (Wildman–Crippen LogP) is 0.330. The lowest BCUT2D eigenvalue weighted by atomic mass is 10.1. The van der Waals surface area contributed by atoms with Crippen molar-refractivity contribution in [2.24, 2.45) is 0 Å². The zero-order valence-corrected chi connectivity index (χ0v) is 13.5. The molecule has 1 fully saturated rings. The van der Waals surface area contributed by atoms with Crippen LogP contribution in [0, 0.1) is 13.8 Å². The third kappa shape index (κ3) is 3.53. The number of piperazine rings is 1. The second kappa shape index (κ2) is 6.82. The molecule has 1 saturated heterocycles. The molecule has 0 aliphatic carbocycles. The van der Waals surface area contributed by atoms with Crippen LogP contribution in [0.4, 0.5) is 4.79 Å². The number of urea groups is 1. The second-order valence-corrected chi connectivity index (χ2v) is 5.41. The zero-order chi connectivity index (χ0) is 17.1. The predicted molar refractivity (Wildman–Crippen MR) is 80.5 cm³/mol. The molecule has 0 bridgehead atoms. The lowest BCUT2D eigenvalue weighted by molar-refractivity contribution is -0.153. The molecule has 1 aliphatic rings. The van der Waals surface area contributed by atoms with Gasteiger partial charge in [0.25, 0.3) is 0 Å². The number of amides is 4. The molecule has 1 unspecified atom stereocenters. The number of aliphatic hydroxyl groups is 1. The van der Waals surface area contributed by atoms with E-state index >= 15 is 0 Å². The van der Waals surface area contributed by atoms with E-state index in [1.807, 2.05) is 0 Å². The van der Waals surface area contributed by atoms with Crippen LogP contribution in [0.25, 0.3) is 0 Å². The van der Waals surface area contributed by atoms with Gasteiger partial charge in [-0.1, -0.05) is 0 Å². The molecule has 2 rings (SSSR count). The molecule has 126 valence electrons. The van der Waals surface area contributed by atoms with Crippen molar-refractivity contribution in [1.29, 1.82) is 0 Å². The van der Waals surface area contributed by atoms with E-state index in [0.29, 0.717) is 30.2 Å². The maximum atomic E-state index is 12.1. The Bertz CT molecular complexity index is 625. The maximum Gasteiger partial charge on any atom is 0.324 e. The Balaban J connectivity index is 1.93. The number of imide groups is 1. The van der Waals surface area contributed by atoms with Crippen LogP contribution in [0.1, 0.15) is 30.1 Å². The van der Waals surface area contributed by atoms with Gasteiger partial charge in [0.1, 0.15) is 11.5 Å². The Hall–Kier alpha value is -2.35. The fraction of sp³-hybridized carbons (Fsp3) is 0.533. The van der Waals surface area contributed by atoms with E-state index in [1.54, 1.807) is 26.8 Å². The fourth-order valence-corrected chi connectivity index (χ4v) is 2.54. The van der Waals surface area contributed by atoms with Crippen molar-refractivity contribution >= 4 is 17.8 Å². The van der Waals surface area contributed by atoms with Crippen molar-refractivity contribution in [3.05, 3.63) is 23.2 Å². The Morgan fingerprint density at radius 2 is 2.04 bits per heavy atom. The molecule has 8 nitrogen and oxygen atoms in total. The number of aryl methyl sites for hydroxylation is 2. The summed E-state index contributed by atoms with van der Waals surface area (Å²) in [6.45, 7) is 6.07. The number of nitrogens with zero attached hydrogens (tertiary/aromatic N) is 2. The van der Waals surface area contributed by atoms with Crippen LogP contribution in [0.5, 0.6) is 0 Å². The molecular weight excluding hydrogens is 302 g/mol. The van der Waals surface area contributed by atoms with Crippen molar-refractivity contribution in [2.45, 2.75) is 26.9 Å². The fourth-order valence-electron chi connectivity index (χ4n) is 2.54. The van der Waals surface area contributed by atoms with Crippen LogP contribution in [-0.4, -0.2) is 58.9 Å². The minimum Gasteiger partial charge on any atom is -0.466 e. The Morgan fingerprint density at radius 3 is 2.61 bits per heavy atom. The van der Waals surface area contributed by atoms with Crippen LogP contribution in [-0.2, 0) is 9.59 Å². The van der Waals surface area contributed by atoms with E-state index in [9.17, 15) is 19.5 Å². The highest BCUT2D eigenvalue weighted by atomic mass is 16.3. The molecule has 2 N–H and O–H groups in total. The number of rotatable bonds is 4. The molecule has 1 aliphatic heterocycles. The van der Waals surface area contributed by atoms with Gasteiger partial charge < -0.3 is 19.7 Å². The third-order valence-electron chi connectivity index (χ3n) is 3.82. The first-order chi connectivity index (χ1) is 10.8. The number of hydrogen-bond donors (Lipinski definition) is 2. The highest BCUT2D eigenvalue weighted by Gasteiger charge is 2.35. The summed E-state index contributed by atoms with van der Waals surface area (Å²) >= 11 is 0. The summed E-state index contributed by atoms with van der Waals surface area (Å²) in [5.74, 6) is -0.289. The number of hydrogen-bond acceptors (Lipinski definition) is 5. The van der Waals surface area contributed by atoms with Crippen LogP contribution in [0.3, 0.4) is 0 Å². The molecular formula is C15H21N3O5.